The molecule has 102 valence electrons. The lowest BCUT2D eigenvalue weighted by Crippen LogP contribution is -2.42. The van der Waals surface area contributed by atoms with E-state index >= 15 is 0 Å². The second-order valence-corrected chi connectivity index (χ2v) is 5.54. The molecule has 6 nitrogen and oxygen atoms in total. The Morgan fingerprint density at radius 1 is 1.47 bits per heavy atom. The molecule has 0 aliphatic carbocycles. The maximum Gasteiger partial charge on any atom is 0.228 e. The summed E-state index contributed by atoms with van der Waals surface area (Å²) in [6, 6.07) is 0.268. The summed E-state index contributed by atoms with van der Waals surface area (Å²) in [5.74, 6) is 1.35. The molecule has 1 aliphatic heterocycles. The van der Waals surface area contributed by atoms with Gasteiger partial charge in [0.2, 0.25) is 5.89 Å². The van der Waals surface area contributed by atoms with Gasteiger partial charge in [0, 0.05) is 30.1 Å². The molecule has 1 aliphatic rings. The summed E-state index contributed by atoms with van der Waals surface area (Å²) in [5.41, 5.74) is 1.03. The van der Waals surface area contributed by atoms with Gasteiger partial charge in [0.25, 0.3) is 0 Å². The molecule has 19 heavy (non-hydrogen) atoms. The minimum absolute atomic E-state index is 0.268. The molecule has 1 atom stereocenters. The first-order valence-corrected chi connectivity index (χ1v) is 7.21. The van der Waals surface area contributed by atoms with Crippen molar-refractivity contribution in [2.75, 3.05) is 19.8 Å². The zero-order chi connectivity index (χ0) is 13.1. The Bertz CT molecular complexity index is 533. The number of rotatable bonds is 4. The lowest BCUT2D eigenvalue weighted by Gasteiger charge is -2.22. The average molecular weight is 280 g/mol. The highest BCUT2D eigenvalue weighted by Gasteiger charge is 2.17. The molecule has 2 aromatic rings. The summed E-state index contributed by atoms with van der Waals surface area (Å²) in [4.78, 5) is 8.80. The normalized spacial score (nSPS) is 19.7. The van der Waals surface area contributed by atoms with Crippen LogP contribution in [0.1, 0.15) is 22.4 Å². The van der Waals surface area contributed by atoms with Crippen molar-refractivity contribution in [1.29, 1.82) is 0 Å². The number of ether oxygens (including phenoxy) is 1. The van der Waals surface area contributed by atoms with Gasteiger partial charge in [-0.25, -0.2) is 4.98 Å². The monoisotopic (exact) mass is 280 g/mol. The summed E-state index contributed by atoms with van der Waals surface area (Å²) in [6.07, 6.45) is 1.35. The smallest absolute Gasteiger partial charge is 0.228 e. The molecular weight excluding hydrogens is 264 g/mol. The predicted octanol–water partition coefficient (Wildman–Crippen LogP) is 0.956. The number of aromatic nitrogens is 3. The Morgan fingerprint density at radius 3 is 3.16 bits per heavy atom. The molecule has 7 heteroatoms. The zero-order valence-corrected chi connectivity index (χ0v) is 11.6. The Balaban J connectivity index is 1.59. The van der Waals surface area contributed by atoms with Crippen LogP contribution in [-0.4, -0.2) is 40.9 Å². The fraction of sp³-hybridized carbons (Fsp3) is 0.583. The lowest BCUT2D eigenvalue weighted by molar-refractivity contribution is 0.0744. The maximum absolute atomic E-state index is 5.40. The third-order valence-electron chi connectivity index (χ3n) is 2.91. The van der Waals surface area contributed by atoms with Gasteiger partial charge in [0.1, 0.15) is 5.01 Å². The van der Waals surface area contributed by atoms with E-state index in [1.165, 1.54) is 0 Å². The number of morpholine rings is 1. The maximum atomic E-state index is 5.40. The van der Waals surface area contributed by atoms with Gasteiger partial charge < -0.3 is 14.6 Å². The molecule has 0 saturated carbocycles. The molecule has 0 radical (unpaired) electrons. The number of aryl methyl sites for hydroxylation is 1. The number of hydrogen-bond donors (Lipinski definition) is 1. The first-order chi connectivity index (χ1) is 9.29. The number of nitrogens with one attached hydrogen (secondary N) is 1. The van der Waals surface area contributed by atoms with E-state index in [0.29, 0.717) is 31.2 Å². The third kappa shape index (κ3) is 3.37. The van der Waals surface area contributed by atoms with Crippen molar-refractivity contribution >= 4 is 11.3 Å². The molecule has 1 saturated heterocycles. The van der Waals surface area contributed by atoms with Crippen LogP contribution < -0.4 is 5.32 Å². The van der Waals surface area contributed by atoms with Crippen LogP contribution in [0.2, 0.25) is 0 Å². The minimum atomic E-state index is 0.268. The van der Waals surface area contributed by atoms with Crippen molar-refractivity contribution in [3.63, 3.8) is 0 Å². The van der Waals surface area contributed by atoms with Gasteiger partial charge in [-0.1, -0.05) is 5.16 Å². The van der Waals surface area contributed by atoms with E-state index in [1.807, 2.05) is 12.3 Å². The summed E-state index contributed by atoms with van der Waals surface area (Å²) in [6.45, 7) is 4.33. The van der Waals surface area contributed by atoms with Crippen LogP contribution in [0, 0.1) is 6.92 Å². The molecule has 1 unspecified atom stereocenters. The Labute approximate surface area is 115 Å². The van der Waals surface area contributed by atoms with Crippen molar-refractivity contribution in [1.82, 2.24) is 20.4 Å². The van der Waals surface area contributed by atoms with E-state index in [9.17, 15) is 0 Å². The largest absolute Gasteiger partial charge is 0.378 e. The quantitative estimate of drug-likeness (QED) is 0.899. The van der Waals surface area contributed by atoms with E-state index in [0.717, 1.165) is 23.9 Å². The van der Waals surface area contributed by atoms with E-state index in [-0.39, 0.29) is 6.04 Å². The average Bonchev–Trinajstić information content (AvgIpc) is 3.01. The second kappa shape index (κ2) is 5.77. The van der Waals surface area contributed by atoms with Crippen LogP contribution in [0.15, 0.2) is 9.90 Å². The van der Waals surface area contributed by atoms with Crippen molar-refractivity contribution in [2.45, 2.75) is 25.8 Å². The van der Waals surface area contributed by atoms with Gasteiger partial charge in [0.15, 0.2) is 5.82 Å². The predicted molar refractivity (Wildman–Crippen MR) is 70.3 cm³/mol. The third-order valence-corrected chi connectivity index (χ3v) is 3.87. The molecule has 2 aromatic heterocycles. The fourth-order valence-corrected chi connectivity index (χ4v) is 2.79. The van der Waals surface area contributed by atoms with Gasteiger partial charge in [-0.15, -0.1) is 11.3 Å². The number of nitrogens with zero attached hydrogens (tertiary/aromatic N) is 3. The fourth-order valence-electron chi connectivity index (χ4n) is 2.03. The molecule has 0 aromatic carbocycles. The van der Waals surface area contributed by atoms with E-state index in [2.05, 4.69) is 20.4 Å². The molecular formula is C12H16N4O2S. The molecule has 1 fully saturated rings. The van der Waals surface area contributed by atoms with Crippen molar-refractivity contribution in [2.24, 2.45) is 0 Å². The summed E-state index contributed by atoms with van der Waals surface area (Å²) in [5, 5.41) is 10.4. The van der Waals surface area contributed by atoms with Crippen molar-refractivity contribution < 1.29 is 9.26 Å². The van der Waals surface area contributed by atoms with Gasteiger partial charge in [-0.3, -0.25) is 0 Å². The summed E-state index contributed by atoms with van der Waals surface area (Å²) in [7, 11) is 0. The Morgan fingerprint density at radius 2 is 2.42 bits per heavy atom. The molecule has 3 rings (SSSR count). The highest BCUT2D eigenvalue weighted by molar-refractivity contribution is 7.09. The highest BCUT2D eigenvalue weighted by atomic mass is 32.1. The van der Waals surface area contributed by atoms with Gasteiger partial charge in [0.05, 0.1) is 19.6 Å². The zero-order valence-electron chi connectivity index (χ0n) is 10.8. The molecule has 0 amide bonds. The standard InChI is InChI=1S/C12H16N4O2S/c1-8-7-19-12(14-8)5-10-15-11(18-16-10)4-9-6-17-3-2-13-9/h7,9,13H,2-6H2,1H3. The van der Waals surface area contributed by atoms with Crippen molar-refractivity contribution in [3.05, 3.63) is 27.8 Å². The molecule has 3 heterocycles. The number of thiazole rings is 1. The topological polar surface area (TPSA) is 73.1 Å². The molecule has 0 bridgehead atoms. The Hall–Kier alpha value is -1.31. The molecule has 0 spiro atoms. The van der Waals surface area contributed by atoms with E-state index in [1.54, 1.807) is 11.3 Å². The summed E-state index contributed by atoms with van der Waals surface area (Å²) >= 11 is 1.62. The second-order valence-electron chi connectivity index (χ2n) is 4.59. The first kappa shape index (κ1) is 12.7. The van der Waals surface area contributed by atoms with Crippen LogP contribution in [0.3, 0.4) is 0 Å². The molecule has 1 N–H and O–H groups in total. The summed E-state index contributed by atoms with van der Waals surface area (Å²) < 4.78 is 10.7. The van der Waals surface area contributed by atoms with E-state index < -0.39 is 0 Å². The first-order valence-electron chi connectivity index (χ1n) is 6.33. The minimum Gasteiger partial charge on any atom is -0.378 e. The van der Waals surface area contributed by atoms with E-state index in [4.69, 9.17) is 9.26 Å². The van der Waals surface area contributed by atoms with Gasteiger partial charge in [-0.2, -0.15) is 4.98 Å². The van der Waals surface area contributed by atoms with Gasteiger partial charge in [-0.05, 0) is 6.92 Å². The van der Waals surface area contributed by atoms with Crippen LogP contribution in [0.4, 0.5) is 0 Å². The van der Waals surface area contributed by atoms with Crippen LogP contribution in [-0.2, 0) is 17.6 Å². The van der Waals surface area contributed by atoms with Crippen LogP contribution in [0.25, 0.3) is 0 Å². The van der Waals surface area contributed by atoms with Crippen molar-refractivity contribution in [3.8, 4) is 0 Å². The SMILES string of the molecule is Cc1csc(Cc2noc(CC3COCCN3)n2)n1. The van der Waals surface area contributed by atoms with Crippen LogP contribution in [0.5, 0.6) is 0 Å². The Kier molecular flexibility index (Phi) is 3.86. The number of hydrogen-bond acceptors (Lipinski definition) is 7. The highest BCUT2D eigenvalue weighted by Crippen LogP contribution is 2.13. The van der Waals surface area contributed by atoms with Gasteiger partial charge >= 0.3 is 0 Å². The lowest BCUT2D eigenvalue weighted by atomic mass is 10.2. The van der Waals surface area contributed by atoms with Crippen LogP contribution >= 0.6 is 11.3 Å².